The van der Waals surface area contributed by atoms with Crippen molar-refractivity contribution in [2.24, 2.45) is 5.73 Å². The zero-order valence-electron chi connectivity index (χ0n) is 9.53. The molecule has 7 heteroatoms. The Balaban J connectivity index is 3.49. The molecule has 0 saturated carbocycles. The number of nitro benzene ring substituents is 1. The first kappa shape index (κ1) is 13.5. The summed E-state index contributed by atoms with van der Waals surface area (Å²) < 4.78 is 10.1. The summed E-state index contributed by atoms with van der Waals surface area (Å²) >= 11 is 6.06. The summed E-state index contributed by atoms with van der Waals surface area (Å²) in [5, 5.41) is 11.1. The van der Waals surface area contributed by atoms with E-state index in [9.17, 15) is 10.1 Å². The van der Waals surface area contributed by atoms with Crippen molar-refractivity contribution < 1.29 is 14.4 Å². The topological polar surface area (TPSA) is 87.6 Å². The van der Waals surface area contributed by atoms with Crippen LogP contribution in [-0.4, -0.2) is 25.7 Å². The molecule has 1 rings (SSSR count). The van der Waals surface area contributed by atoms with Crippen molar-refractivity contribution in [3.05, 3.63) is 26.8 Å². The molecule has 0 amide bonds. The van der Waals surface area contributed by atoms with E-state index in [0.29, 0.717) is 12.0 Å². The van der Waals surface area contributed by atoms with Crippen molar-refractivity contribution in [1.29, 1.82) is 0 Å². The summed E-state index contributed by atoms with van der Waals surface area (Å²) in [6.07, 6.45) is 0.301. The Kier molecular flexibility index (Phi) is 4.53. The second kappa shape index (κ2) is 5.70. The molecular formula is C10H13ClN2O4. The summed E-state index contributed by atoms with van der Waals surface area (Å²) in [6.45, 7) is 0.260. The van der Waals surface area contributed by atoms with Crippen molar-refractivity contribution >= 4 is 17.3 Å². The van der Waals surface area contributed by atoms with Gasteiger partial charge in [0.2, 0.25) is 0 Å². The van der Waals surface area contributed by atoms with Gasteiger partial charge < -0.3 is 15.2 Å². The number of nitrogens with zero attached hydrogens (tertiary/aromatic N) is 1. The molecule has 0 bridgehead atoms. The van der Waals surface area contributed by atoms with Gasteiger partial charge in [0.05, 0.1) is 35.8 Å². The standard InChI is InChI=1S/C10H13ClN2O4/c1-16-8-5-7(13(14)15)6(3-4-12)9(11)10(8)17-2/h5H,3-4,12H2,1-2H3. The van der Waals surface area contributed by atoms with E-state index in [1.54, 1.807) is 0 Å². The average molecular weight is 261 g/mol. The van der Waals surface area contributed by atoms with Crippen LogP contribution in [0.4, 0.5) is 5.69 Å². The zero-order chi connectivity index (χ0) is 13.0. The monoisotopic (exact) mass is 260 g/mol. The maximum absolute atomic E-state index is 10.9. The number of halogens is 1. The summed E-state index contributed by atoms with van der Waals surface area (Å²) in [4.78, 5) is 10.4. The summed E-state index contributed by atoms with van der Waals surface area (Å²) in [6, 6.07) is 1.29. The minimum absolute atomic E-state index is 0.113. The van der Waals surface area contributed by atoms with Gasteiger partial charge in [0.25, 0.3) is 5.69 Å². The van der Waals surface area contributed by atoms with E-state index in [1.165, 1.54) is 20.3 Å². The predicted octanol–water partition coefficient (Wildman–Crippen LogP) is 1.77. The van der Waals surface area contributed by atoms with Crippen LogP contribution in [0, 0.1) is 10.1 Å². The average Bonchev–Trinajstić information content (AvgIpc) is 2.30. The molecule has 6 nitrogen and oxygen atoms in total. The predicted molar refractivity (Wildman–Crippen MR) is 64.0 cm³/mol. The molecule has 0 fully saturated rings. The molecule has 0 unspecified atom stereocenters. The molecule has 1 aromatic rings. The molecule has 1 aromatic carbocycles. The lowest BCUT2D eigenvalue weighted by Gasteiger charge is -2.12. The zero-order valence-corrected chi connectivity index (χ0v) is 10.3. The molecule has 0 aliphatic carbocycles. The maximum atomic E-state index is 10.9. The van der Waals surface area contributed by atoms with Gasteiger partial charge in [-0.2, -0.15) is 0 Å². The fourth-order valence-corrected chi connectivity index (χ4v) is 1.88. The number of hydrogen-bond acceptors (Lipinski definition) is 5. The van der Waals surface area contributed by atoms with Crippen molar-refractivity contribution in [2.45, 2.75) is 6.42 Å². The van der Waals surface area contributed by atoms with Gasteiger partial charge in [-0.3, -0.25) is 10.1 Å². The van der Waals surface area contributed by atoms with Gasteiger partial charge in [-0.05, 0) is 13.0 Å². The van der Waals surface area contributed by atoms with E-state index in [4.69, 9.17) is 26.8 Å². The first-order valence-electron chi connectivity index (χ1n) is 4.84. The summed E-state index contributed by atoms with van der Waals surface area (Å²) in [5.74, 6) is 0.508. The highest BCUT2D eigenvalue weighted by atomic mass is 35.5. The quantitative estimate of drug-likeness (QED) is 0.644. The molecule has 0 radical (unpaired) electrons. The van der Waals surface area contributed by atoms with Crippen LogP contribution in [0.2, 0.25) is 5.02 Å². The number of methoxy groups -OCH3 is 2. The van der Waals surface area contributed by atoms with Crippen LogP contribution in [0.15, 0.2) is 6.07 Å². The van der Waals surface area contributed by atoms with E-state index >= 15 is 0 Å². The highest BCUT2D eigenvalue weighted by Gasteiger charge is 2.24. The lowest BCUT2D eigenvalue weighted by Crippen LogP contribution is -2.07. The SMILES string of the molecule is COc1cc([N+](=O)[O-])c(CCN)c(Cl)c1OC. The number of hydrogen-bond donors (Lipinski definition) is 1. The third-order valence-corrected chi connectivity index (χ3v) is 2.68. The van der Waals surface area contributed by atoms with Crippen LogP contribution in [-0.2, 0) is 6.42 Å². The second-order valence-electron chi connectivity index (χ2n) is 3.22. The summed E-state index contributed by atoms with van der Waals surface area (Å²) in [5.41, 5.74) is 5.65. The molecular weight excluding hydrogens is 248 g/mol. The Hall–Kier alpha value is -1.53. The van der Waals surface area contributed by atoms with Gasteiger partial charge in [-0.1, -0.05) is 11.6 Å². The summed E-state index contributed by atoms with van der Waals surface area (Å²) in [7, 11) is 2.81. The van der Waals surface area contributed by atoms with Crippen molar-refractivity contribution in [1.82, 2.24) is 0 Å². The fourth-order valence-electron chi connectivity index (χ4n) is 1.52. The van der Waals surface area contributed by atoms with Crippen molar-refractivity contribution in [2.75, 3.05) is 20.8 Å². The second-order valence-corrected chi connectivity index (χ2v) is 3.60. The molecule has 94 valence electrons. The molecule has 2 N–H and O–H groups in total. The fraction of sp³-hybridized carbons (Fsp3) is 0.400. The van der Waals surface area contributed by atoms with E-state index in [1.807, 2.05) is 0 Å². The van der Waals surface area contributed by atoms with Gasteiger partial charge in [0.15, 0.2) is 11.5 Å². The minimum atomic E-state index is -0.515. The van der Waals surface area contributed by atoms with E-state index in [0.717, 1.165) is 0 Å². The van der Waals surface area contributed by atoms with Crippen LogP contribution in [0.3, 0.4) is 0 Å². The van der Waals surface area contributed by atoms with Crippen molar-refractivity contribution in [3.63, 3.8) is 0 Å². The highest BCUT2D eigenvalue weighted by molar-refractivity contribution is 6.33. The first-order valence-corrected chi connectivity index (χ1v) is 5.22. The van der Waals surface area contributed by atoms with Crippen molar-refractivity contribution in [3.8, 4) is 11.5 Å². The molecule has 0 atom stereocenters. The van der Waals surface area contributed by atoms with Crippen LogP contribution in [0.5, 0.6) is 11.5 Å². The molecule has 17 heavy (non-hydrogen) atoms. The van der Waals surface area contributed by atoms with Gasteiger partial charge >= 0.3 is 0 Å². The molecule has 0 saturated heterocycles. The number of nitrogens with two attached hydrogens (primary N) is 1. The number of benzene rings is 1. The van der Waals surface area contributed by atoms with Crippen LogP contribution < -0.4 is 15.2 Å². The third-order valence-electron chi connectivity index (χ3n) is 2.28. The number of rotatable bonds is 5. The highest BCUT2D eigenvalue weighted by Crippen LogP contribution is 2.42. The lowest BCUT2D eigenvalue weighted by atomic mass is 10.1. The number of nitro groups is 1. The largest absolute Gasteiger partial charge is 0.493 e. The van der Waals surface area contributed by atoms with Crippen LogP contribution >= 0.6 is 11.6 Å². The Morgan fingerprint density at radius 1 is 1.47 bits per heavy atom. The van der Waals surface area contributed by atoms with E-state index in [-0.39, 0.29) is 28.8 Å². The smallest absolute Gasteiger partial charge is 0.278 e. The number of ether oxygens (including phenoxy) is 2. The Morgan fingerprint density at radius 2 is 2.12 bits per heavy atom. The van der Waals surface area contributed by atoms with Gasteiger partial charge in [-0.15, -0.1) is 0 Å². The molecule has 0 spiro atoms. The maximum Gasteiger partial charge on any atom is 0.278 e. The Bertz CT molecular complexity index is 437. The molecule has 0 heterocycles. The Morgan fingerprint density at radius 3 is 2.53 bits per heavy atom. The minimum Gasteiger partial charge on any atom is -0.493 e. The molecule has 0 aromatic heterocycles. The normalized spacial score (nSPS) is 10.1. The Labute approximate surface area is 103 Å². The van der Waals surface area contributed by atoms with Crippen LogP contribution in [0.25, 0.3) is 0 Å². The van der Waals surface area contributed by atoms with E-state index < -0.39 is 4.92 Å². The van der Waals surface area contributed by atoms with Gasteiger partial charge in [0, 0.05) is 0 Å². The van der Waals surface area contributed by atoms with Gasteiger partial charge in [0.1, 0.15) is 0 Å². The lowest BCUT2D eigenvalue weighted by molar-refractivity contribution is -0.385. The molecule has 0 aliphatic heterocycles. The molecule has 0 aliphatic rings. The van der Waals surface area contributed by atoms with Crippen LogP contribution in [0.1, 0.15) is 5.56 Å². The first-order chi connectivity index (χ1) is 8.06. The third kappa shape index (κ3) is 2.59. The van der Waals surface area contributed by atoms with Gasteiger partial charge in [-0.25, -0.2) is 0 Å². The van der Waals surface area contributed by atoms with E-state index in [2.05, 4.69) is 0 Å².